The molecule has 90 valence electrons. The van der Waals surface area contributed by atoms with Crippen LogP contribution in [0.3, 0.4) is 0 Å². The van der Waals surface area contributed by atoms with E-state index < -0.39 is 0 Å². The van der Waals surface area contributed by atoms with E-state index in [1.807, 2.05) is 0 Å². The summed E-state index contributed by atoms with van der Waals surface area (Å²) in [5, 5.41) is 6.76. The van der Waals surface area contributed by atoms with Gasteiger partial charge in [-0.1, -0.05) is 6.08 Å². The third kappa shape index (κ3) is 2.64. The van der Waals surface area contributed by atoms with Crippen molar-refractivity contribution in [3.63, 3.8) is 0 Å². The molecule has 1 saturated carbocycles. The molecule has 3 heteroatoms. The Kier molecular flexibility index (Phi) is 3.64. The second-order valence-corrected chi connectivity index (χ2v) is 5.15. The van der Waals surface area contributed by atoms with Crippen molar-refractivity contribution in [3.8, 4) is 0 Å². The Morgan fingerprint density at radius 1 is 1.56 bits per heavy atom. The van der Waals surface area contributed by atoms with Crippen molar-refractivity contribution in [1.82, 2.24) is 10.6 Å². The number of rotatable bonds is 4. The van der Waals surface area contributed by atoms with Crippen molar-refractivity contribution < 1.29 is 4.79 Å². The first kappa shape index (κ1) is 11.6. The summed E-state index contributed by atoms with van der Waals surface area (Å²) in [5.74, 6) is 0.182. The Hall–Kier alpha value is -0.830. The molecular weight excluding hydrogens is 200 g/mol. The van der Waals surface area contributed by atoms with Crippen LogP contribution in [0.15, 0.2) is 12.7 Å². The number of piperidine rings is 1. The number of nitrogens with one attached hydrogen (secondary N) is 2. The number of carbonyl (C=O) groups excluding carboxylic acids is 1. The van der Waals surface area contributed by atoms with Crippen LogP contribution in [0.1, 0.15) is 44.9 Å². The van der Waals surface area contributed by atoms with Crippen LogP contribution in [0.25, 0.3) is 0 Å². The normalized spacial score (nSPS) is 27.1. The molecule has 1 aliphatic heterocycles. The van der Waals surface area contributed by atoms with Gasteiger partial charge in [-0.2, -0.15) is 0 Å². The minimum Gasteiger partial charge on any atom is -0.353 e. The fraction of sp³-hybridized carbons (Fsp3) is 0.769. The molecule has 0 aromatic carbocycles. The maximum Gasteiger partial charge on any atom is 0.220 e. The maximum atomic E-state index is 11.6. The second kappa shape index (κ2) is 5.00. The zero-order valence-electron chi connectivity index (χ0n) is 9.93. The predicted octanol–water partition coefficient (Wildman–Crippen LogP) is 1.74. The lowest BCUT2D eigenvalue weighted by atomic mass is 9.70. The van der Waals surface area contributed by atoms with Gasteiger partial charge in [0.2, 0.25) is 5.91 Å². The lowest BCUT2D eigenvalue weighted by Gasteiger charge is -2.48. The highest BCUT2D eigenvalue weighted by Gasteiger charge is 2.41. The molecule has 1 atom stereocenters. The third-order valence-electron chi connectivity index (χ3n) is 3.88. The van der Waals surface area contributed by atoms with Crippen molar-refractivity contribution in [2.75, 3.05) is 6.54 Å². The van der Waals surface area contributed by atoms with Gasteiger partial charge in [0.15, 0.2) is 0 Å². The van der Waals surface area contributed by atoms with Crippen molar-refractivity contribution in [3.05, 3.63) is 12.7 Å². The van der Waals surface area contributed by atoms with E-state index in [0.29, 0.717) is 18.0 Å². The van der Waals surface area contributed by atoms with Crippen LogP contribution in [0.5, 0.6) is 0 Å². The van der Waals surface area contributed by atoms with Crippen LogP contribution >= 0.6 is 0 Å². The van der Waals surface area contributed by atoms with Gasteiger partial charge in [0, 0.05) is 18.0 Å². The van der Waals surface area contributed by atoms with Crippen molar-refractivity contribution in [2.45, 2.75) is 56.5 Å². The quantitative estimate of drug-likeness (QED) is 0.711. The second-order valence-electron chi connectivity index (χ2n) is 5.15. The average Bonchev–Trinajstić information content (AvgIpc) is 2.24. The van der Waals surface area contributed by atoms with Crippen LogP contribution in [0.2, 0.25) is 0 Å². The SMILES string of the molecule is C=CCCC(=O)NC1CCNC2(CCC2)C1. The molecule has 0 aromatic rings. The Labute approximate surface area is 97.7 Å². The van der Waals surface area contributed by atoms with Gasteiger partial charge >= 0.3 is 0 Å². The number of allylic oxidation sites excluding steroid dienone is 1. The van der Waals surface area contributed by atoms with Crippen LogP contribution in [0, 0.1) is 0 Å². The van der Waals surface area contributed by atoms with Crippen molar-refractivity contribution in [2.24, 2.45) is 0 Å². The zero-order chi connectivity index (χ0) is 11.4. The topological polar surface area (TPSA) is 41.1 Å². The van der Waals surface area contributed by atoms with Gasteiger partial charge in [-0.3, -0.25) is 4.79 Å². The lowest BCUT2D eigenvalue weighted by molar-refractivity contribution is -0.122. The molecule has 2 aliphatic rings. The molecular formula is C13H22N2O. The first-order valence-corrected chi connectivity index (χ1v) is 6.39. The van der Waals surface area contributed by atoms with Gasteiger partial charge in [-0.25, -0.2) is 0 Å². The van der Waals surface area contributed by atoms with E-state index in [9.17, 15) is 4.79 Å². The molecule has 1 spiro atoms. The third-order valence-corrected chi connectivity index (χ3v) is 3.88. The molecule has 1 amide bonds. The Morgan fingerprint density at radius 2 is 2.38 bits per heavy atom. The zero-order valence-corrected chi connectivity index (χ0v) is 9.93. The average molecular weight is 222 g/mol. The van der Waals surface area contributed by atoms with Crippen LogP contribution in [0.4, 0.5) is 0 Å². The maximum absolute atomic E-state index is 11.6. The first-order valence-electron chi connectivity index (χ1n) is 6.39. The minimum absolute atomic E-state index is 0.182. The Morgan fingerprint density at radius 3 is 3.00 bits per heavy atom. The molecule has 0 bridgehead atoms. The van der Waals surface area contributed by atoms with Crippen LogP contribution < -0.4 is 10.6 Å². The molecule has 1 aliphatic carbocycles. The molecule has 1 saturated heterocycles. The number of hydrogen-bond acceptors (Lipinski definition) is 2. The Bertz CT molecular complexity index is 271. The molecule has 0 aromatic heterocycles. The minimum atomic E-state index is 0.182. The Balaban J connectivity index is 1.76. The lowest BCUT2D eigenvalue weighted by Crippen LogP contribution is -2.59. The van der Waals surface area contributed by atoms with Gasteiger partial charge in [0.1, 0.15) is 0 Å². The molecule has 16 heavy (non-hydrogen) atoms. The molecule has 1 heterocycles. The van der Waals surface area contributed by atoms with E-state index in [4.69, 9.17) is 0 Å². The van der Waals surface area contributed by atoms with E-state index in [1.165, 1.54) is 19.3 Å². The first-order chi connectivity index (χ1) is 7.74. The van der Waals surface area contributed by atoms with E-state index in [2.05, 4.69) is 17.2 Å². The standard InChI is InChI=1S/C13H22N2O/c1-2-3-5-12(16)15-11-6-9-14-13(10-11)7-4-8-13/h2,11,14H,1,3-10H2,(H,15,16). The molecule has 3 nitrogen and oxygen atoms in total. The summed E-state index contributed by atoms with van der Waals surface area (Å²) in [6, 6.07) is 0.388. The molecule has 2 N–H and O–H groups in total. The summed E-state index contributed by atoms with van der Waals surface area (Å²) in [4.78, 5) is 11.6. The summed E-state index contributed by atoms with van der Waals surface area (Å²) in [6.07, 6.45) is 9.26. The highest BCUT2D eigenvalue weighted by Crippen LogP contribution is 2.38. The monoisotopic (exact) mass is 222 g/mol. The summed E-state index contributed by atoms with van der Waals surface area (Å²) in [5.41, 5.74) is 0.370. The largest absolute Gasteiger partial charge is 0.353 e. The van der Waals surface area contributed by atoms with Gasteiger partial charge in [-0.15, -0.1) is 6.58 Å². The van der Waals surface area contributed by atoms with Gasteiger partial charge in [0.25, 0.3) is 0 Å². The molecule has 0 radical (unpaired) electrons. The fourth-order valence-corrected chi connectivity index (χ4v) is 2.80. The molecule has 2 fully saturated rings. The highest BCUT2D eigenvalue weighted by molar-refractivity contribution is 5.76. The summed E-state index contributed by atoms with van der Waals surface area (Å²) >= 11 is 0. The van der Waals surface area contributed by atoms with Gasteiger partial charge in [-0.05, 0) is 45.1 Å². The van der Waals surface area contributed by atoms with Crippen molar-refractivity contribution >= 4 is 5.91 Å². The molecule has 2 rings (SSSR count). The number of carbonyl (C=O) groups is 1. The summed E-state index contributed by atoms with van der Waals surface area (Å²) in [7, 11) is 0. The van der Waals surface area contributed by atoms with E-state index in [1.54, 1.807) is 6.08 Å². The van der Waals surface area contributed by atoms with Gasteiger partial charge in [0.05, 0.1) is 0 Å². The highest BCUT2D eigenvalue weighted by atomic mass is 16.1. The summed E-state index contributed by atoms with van der Waals surface area (Å²) in [6.45, 7) is 4.68. The number of hydrogen-bond donors (Lipinski definition) is 2. The fourth-order valence-electron chi connectivity index (χ4n) is 2.80. The van der Waals surface area contributed by atoms with Crippen LogP contribution in [-0.2, 0) is 4.79 Å². The van der Waals surface area contributed by atoms with E-state index in [-0.39, 0.29) is 5.91 Å². The predicted molar refractivity (Wildman–Crippen MR) is 65.2 cm³/mol. The van der Waals surface area contributed by atoms with Crippen LogP contribution in [-0.4, -0.2) is 24.0 Å². The van der Waals surface area contributed by atoms with Crippen molar-refractivity contribution in [1.29, 1.82) is 0 Å². The number of amides is 1. The van der Waals surface area contributed by atoms with E-state index >= 15 is 0 Å². The summed E-state index contributed by atoms with van der Waals surface area (Å²) < 4.78 is 0. The van der Waals surface area contributed by atoms with Gasteiger partial charge < -0.3 is 10.6 Å². The van der Waals surface area contributed by atoms with E-state index in [0.717, 1.165) is 25.8 Å². The molecule has 1 unspecified atom stereocenters. The smallest absolute Gasteiger partial charge is 0.220 e.